The van der Waals surface area contributed by atoms with Crippen molar-refractivity contribution in [2.24, 2.45) is 5.11 Å². The summed E-state index contributed by atoms with van der Waals surface area (Å²) in [5.74, 6) is -0.357. The number of hydrogen-bond acceptors (Lipinski definition) is 3. The van der Waals surface area contributed by atoms with Crippen molar-refractivity contribution < 1.29 is 9.90 Å². The van der Waals surface area contributed by atoms with Gasteiger partial charge < -0.3 is 5.11 Å². The van der Waals surface area contributed by atoms with Crippen LogP contribution in [0.5, 0.6) is 0 Å². The molecule has 5 heteroatoms. The fourth-order valence-corrected chi connectivity index (χ4v) is 1.25. The predicted octanol–water partition coefficient (Wildman–Crippen LogP) is 1.99. The van der Waals surface area contributed by atoms with Crippen LogP contribution in [-0.2, 0) is 4.79 Å². The van der Waals surface area contributed by atoms with Crippen molar-refractivity contribution in [3.8, 4) is 0 Å². The zero-order valence-electron chi connectivity index (χ0n) is 8.24. The van der Waals surface area contributed by atoms with E-state index in [1.54, 1.807) is 30.3 Å². The Morgan fingerprint density at radius 2 is 2.07 bits per heavy atom. The van der Waals surface area contributed by atoms with Crippen LogP contribution in [0.15, 0.2) is 35.4 Å². The van der Waals surface area contributed by atoms with Crippen LogP contribution in [0.4, 0.5) is 0 Å². The van der Waals surface area contributed by atoms with Crippen LogP contribution in [0, 0.1) is 0 Å². The van der Waals surface area contributed by atoms with Gasteiger partial charge in [0.2, 0.25) is 0 Å². The van der Waals surface area contributed by atoms with Crippen LogP contribution in [-0.4, -0.2) is 16.9 Å². The number of aliphatic hydroxyl groups is 1. The molecule has 0 fully saturated rings. The Morgan fingerprint density at radius 3 is 2.53 bits per heavy atom. The van der Waals surface area contributed by atoms with Gasteiger partial charge in [0, 0.05) is 4.91 Å². The van der Waals surface area contributed by atoms with Crippen molar-refractivity contribution in [1.29, 1.82) is 0 Å². The molecule has 0 spiro atoms. The number of rotatable bonds is 4. The standard InChI is InChI=1S/C10H11N3O2/c1-7(14)9(12-13-11)10(15)8-5-3-2-4-6-8/h2-6,9-10,15H,1H3/t9-,10+/m0/s1. The molecule has 0 amide bonds. The third kappa shape index (κ3) is 2.80. The maximum atomic E-state index is 11.1. The highest BCUT2D eigenvalue weighted by Gasteiger charge is 2.23. The van der Waals surface area contributed by atoms with E-state index in [2.05, 4.69) is 10.0 Å². The van der Waals surface area contributed by atoms with Crippen molar-refractivity contribution in [1.82, 2.24) is 0 Å². The van der Waals surface area contributed by atoms with Crippen LogP contribution >= 0.6 is 0 Å². The van der Waals surface area contributed by atoms with Gasteiger partial charge in [-0.15, -0.1) is 0 Å². The molecule has 0 aliphatic heterocycles. The molecule has 0 aliphatic carbocycles. The maximum absolute atomic E-state index is 11.1. The molecule has 0 saturated heterocycles. The van der Waals surface area contributed by atoms with Gasteiger partial charge in [-0.2, -0.15) is 0 Å². The lowest BCUT2D eigenvalue weighted by atomic mass is 10.0. The highest BCUT2D eigenvalue weighted by atomic mass is 16.3. The second kappa shape index (κ2) is 5.14. The van der Waals surface area contributed by atoms with Crippen molar-refractivity contribution in [2.75, 3.05) is 0 Å². The van der Waals surface area contributed by atoms with Crippen LogP contribution in [0.25, 0.3) is 10.4 Å². The number of benzene rings is 1. The molecule has 0 aromatic heterocycles. The highest BCUT2D eigenvalue weighted by molar-refractivity contribution is 5.82. The Morgan fingerprint density at radius 1 is 1.47 bits per heavy atom. The van der Waals surface area contributed by atoms with E-state index in [4.69, 9.17) is 5.53 Å². The first-order chi connectivity index (χ1) is 7.16. The molecule has 0 aliphatic rings. The average molecular weight is 205 g/mol. The zero-order chi connectivity index (χ0) is 11.3. The number of aliphatic hydroxyl groups excluding tert-OH is 1. The lowest BCUT2D eigenvalue weighted by Gasteiger charge is -2.15. The predicted molar refractivity (Wildman–Crippen MR) is 55.0 cm³/mol. The SMILES string of the molecule is CC(=O)[C@H](N=[N+]=[N-])[C@H](O)c1ccccc1. The minimum absolute atomic E-state index is 0.357. The Hall–Kier alpha value is -1.84. The number of carbonyl (C=O) groups is 1. The first kappa shape index (κ1) is 11.2. The summed E-state index contributed by atoms with van der Waals surface area (Å²) in [7, 11) is 0. The summed E-state index contributed by atoms with van der Waals surface area (Å²) in [5.41, 5.74) is 8.84. The van der Waals surface area contributed by atoms with E-state index < -0.39 is 12.1 Å². The molecule has 5 nitrogen and oxygen atoms in total. The van der Waals surface area contributed by atoms with Crippen LogP contribution in [0.3, 0.4) is 0 Å². The summed E-state index contributed by atoms with van der Waals surface area (Å²) in [4.78, 5) is 13.7. The Balaban J connectivity index is 2.95. The number of Topliss-reactive ketones (excluding diaryl/α,β-unsaturated/α-hetero) is 1. The maximum Gasteiger partial charge on any atom is 0.141 e. The quantitative estimate of drug-likeness (QED) is 0.463. The van der Waals surface area contributed by atoms with Crippen molar-refractivity contribution >= 4 is 5.78 Å². The lowest BCUT2D eigenvalue weighted by Crippen LogP contribution is -2.23. The second-order valence-electron chi connectivity index (χ2n) is 3.12. The minimum Gasteiger partial charge on any atom is -0.388 e. The molecule has 0 saturated carbocycles. The van der Waals surface area contributed by atoms with E-state index in [0.29, 0.717) is 5.56 Å². The molecule has 0 bridgehead atoms. The van der Waals surface area contributed by atoms with E-state index in [1.165, 1.54) is 6.92 Å². The van der Waals surface area contributed by atoms with E-state index in [-0.39, 0.29) is 5.78 Å². The summed E-state index contributed by atoms with van der Waals surface area (Å²) in [5, 5.41) is 13.1. The minimum atomic E-state index is -1.08. The van der Waals surface area contributed by atoms with Crippen LogP contribution in [0.1, 0.15) is 18.6 Å². The molecule has 1 aromatic carbocycles. The Bertz CT molecular complexity index is 383. The smallest absolute Gasteiger partial charge is 0.141 e. The summed E-state index contributed by atoms with van der Waals surface area (Å²) in [6.45, 7) is 1.28. The third-order valence-electron chi connectivity index (χ3n) is 2.03. The monoisotopic (exact) mass is 205 g/mol. The van der Waals surface area contributed by atoms with Crippen molar-refractivity contribution in [2.45, 2.75) is 19.1 Å². The molecule has 0 radical (unpaired) electrons. The molecule has 0 heterocycles. The first-order valence-corrected chi connectivity index (χ1v) is 4.44. The van der Waals surface area contributed by atoms with Crippen molar-refractivity contribution in [3.63, 3.8) is 0 Å². The number of carbonyl (C=O) groups excluding carboxylic acids is 1. The summed E-state index contributed by atoms with van der Waals surface area (Å²) in [6, 6.07) is 7.57. The number of hydrogen-bond donors (Lipinski definition) is 1. The molecule has 1 rings (SSSR count). The van der Waals surface area contributed by atoms with Gasteiger partial charge in [-0.05, 0) is 18.0 Å². The Kier molecular flexibility index (Phi) is 3.85. The number of azide groups is 1. The van der Waals surface area contributed by atoms with Gasteiger partial charge in [0.05, 0.1) is 6.10 Å². The van der Waals surface area contributed by atoms with Gasteiger partial charge in [0.1, 0.15) is 11.8 Å². The van der Waals surface area contributed by atoms with Gasteiger partial charge in [-0.3, -0.25) is 4.79 Å². The third-order valence-corrected chi connectivity index (χ3v) is 2.03. The zero-order valence-corrected chi connectivity index (χ0v) is 8.24. The summed E-state index contributed by atoms with van der Waals surface area (Å²) in [6.07, 6.45) is -1.08. The normalized spacial score (nSPS) is 13.7. The molecular formula is C10H11N3O2. The van der Waals surface area contributed by atoms with Gasteiger partial charge in [-0.1, -0.05) is 35.4 Å². The highest BCUT2D eigenvalue weighted by Crippen LogP contribution is 2.19. The van der Waals surface area contributed by atoms with E-state index in [1.807, 2.05) is 0 Å². The van der Waals surface area contributed by atoms with Gasteiger partial charge in [0.15, 0.2) is 0 Å². The van der Waals surface area contributed by atoms with Crippen LogP contribution < -0.4 is 0 Å². The molecule has 1 aromatic rings. The number of ketones is 1. The lowest BCUT2D eigenvalue weighted by molar-refractivity contribution is -0.120. The van der Waals surface area contributed by atoms with E-state index in [9.17, 15) is 9.90 Å². The summed E-state index contributed by atoms with van der Waals surface area (Å²) < 4.78 is 0. The van der Waals surface area contributed by atoms with Crippen molar-refractivity contribution in [3.05, 3.63) is 46.3 Å². The van der Waals surface area contributed by atoms with E-state index >= 15 is 0 Å². The van der Waals surface area contributed by atoms with Gasteiger partial charge >= 0.3 is 0 Å². The largest absolute Gasteiger partial charge is 0.388 e. The molecule has 0 unspecified atom stereocenters. The fraction of sp³-hybridized carbons (Fsp3) is 0.300. The average Bonchev–Trinajstić information content (AvgIpc) is 2.26. The second-order valence-corrected chi connectivity index (χ2v) is 3.12. The summed E-state index contributed by atoms with van der Waals surface area (Å²) >= 11 is 0. The molecule has 78 valence electrons. The topological polar surface area (TPSA) is 86.1 Å². The Labute approximate surface area is 87.0 Å². The van der Waals surface area contributed by atoms with Gasteiger partial charge in [0.25, 0.3) is 0 Å². The van der Waals surface area contributed by atoms with Crippen LogP contribution in [0.2, 0.25) is 0 Å². The molecule has 1 N–H and O–H groups in total. The van der Waals surface area contributed by atoms with E-state index in [0.717, 1.165) is 0 Å². The molecule has 15 heavy (non-hydrogen) atoms. The molecular weight excluding hydrogens is 194 g/mol. The molecule has 2 atom stereocenters. The van der Waals surface area contributed by atoms with Gasteiger partial charge in [-0.25, -0.2) is 0 Å². The first-order valence-electron chi connectivity index (χ1n) is 4.44. The fourth-order valence-electron chi connectivity index (χ4n) is 1.25. The number of nitrogens with zero attached hydrogens (tertiary/aromatic N) is 3.